The molecule has 28 heavy (non-hydrogen) atoms. The van der Waals surface area contributed by atoms with E-state index in [1.54, 1.807) is 12.4 Å². The number of aliphatic hydroxyl groups excluding tert-OH is 1. The van der Waals surface area contributed by atoms with E-state index in [1.165, 1.54) is 9.36 Å². The quantitative estimate of drug-likeness (QED) is 0.535. The highest BCUT2D eigenvalue weighted by atomic mass is 16.3. The Balaban J connectivity index is 1.79. The highest BCUT2D eigenvalue weighted by molar-refractivity contribution is 5.59. The molecule has 0 amide bonds. The number of aliphatic hydroxyl groups is 1. The minimum absolute atomic E-state index is 0.235. The van der Waals surface area contributed by atoms with Crippen LogP contribution in [0.3, 0.4) is 0 Å². The zero-order valence-electron chi connectivity index (χ0n) is 14.9. The molecule has 0 saturated heterocycles. The van der Waals surface area contributed by atoms with E-state index in [0.717, 1.165) is 5.56 Å². The van der Waals surface area contributed by atoms with Crippen molar-refractivity contribution in [2.45, 2.75) is 13.2 Å². The smallest absolute Gasteiger partial charge is 0.297 e. The molecule has 2 aromatic heterocycles. The maximum Gasteiger partial charge on any atom is 0.297 e. The summed E-state index contributed by atoms with van der Waals surface area (Å²) in [6, 6.07) is 19.0. The van der Waals surface area contributed by atoms with Gasteiger partial charge in [-0.1, -0.05) is 53.7 Å². The number of hydrogen-bond donors (Lipinski definition) is 2. The van der Waals surface area contributed by atoms with Gasteiger partial charge >= 0.3 is 0 Å². The molecule has 0 fully saturated rings. The number of nitrogens with one attached hydrogen (secondary N) is 1. The first-order chi connectivity index (χ1) is 13.8. The van der Waals surface area contributed by atoms with Gasteiger partial charge < -0.3 is 10.4 Å². The number of rotatable bonds is 6. The molecule has 2 N–H and O–H groups in total. The Hall–Kier alpha value is -3.78. The highest BCUT2D eigenvalue weighted by Gasteiger charge is 2.15. The van der Waals surface area contributed by atoms with Gasteiger partial charge in [-0.05, 0) is 17.7 Å². The van der Waals surface area contributed by atoms with Crippen molar-refractivity contribution in [3.05, 3.63) is 94.7 Å². The Morgan fingerprint density at radius 1 is 1.00 bits per heavy atom. The van der Waals surface area contributed by atoms with Crippen molar-refractivity contribution in [1.82, 2.24) is 24.8 Å². The van der Waals surface area contributed by atoms with Crippen LogP contribution in [-0.2, 0) is 13.2 Å². The Kier molecular flexibility index (Phi) is 4.94. The maximum atomic E-state index is 13.2. The third-order valence-electron chi connectivity index (χ3n) is 4.22. The van der Waals surface area contributed by atoms with Gasteiger partial charge in [0.25, 0.3) is 5.56 Å². The summed E-state index contributed by atoms with van der Waals surface area (Å²) in [5.74, 6) is 0. The lowest BCUT2D eigenvalue weighted by Gasteiger charge is -2.13. The van der Waals surface area contributed by atoms with Crippen LogP contribution in [0.25, 0.3) is 11.4 Å². The molecule has 8 heteroatoms. The molecular formula is C20H18N6O2. The first-order valence-corrected chi connectivity index (χ1v) is 8.74. The van der Waals surface area contributed by atoms with Crippen LogP contribution in [0.5, 0.6) is 0 Å². The zero-order valence-corrected chi connectivity index (χ0v) is 14.9. The number of aromatic nitrogens is 5. The summed E-state index contributed by atoms with van der Waals surface area (Å²) in [7, 11) is 0. The van der Waals surface area contributed by atoms with Crippen molar-refractivity contribution in [2.24, 2.45) is 0 Å². The molecule has 0 aliphatic carbocycles. The molecule has 140 valence electrons. The fourth-order valence-electron chi connectivity index (χ4n) is 2.81. The Labute approximate surface area is 160 Å². The molecule has 8 nitrogen and oxygen atoms in total. The number of benzene rings is 2. The molecule has 0 aliphatic heterocycles. The van der Waals surface area contributed by atoms with Gasteiger partial charge in [-0.25, -0.2) is 4.68 Å². The highest BCUT2D eigenvalue weighted by Crippen LogP contribution is 2.17. The molecule has 2 aromatic carbocycles. The summed E-state index contributed by atoms with van der Waals surface area (Å²) in [5, 5.41) is 24.6. The van der Waals surface area contributed by atoms with Crippen LogP contribution in [0.1, 0.15) is 11.3 Å². The Morgan fingerprint density at radius 2 is 1.71 bits per heavy atom. The second-order valence-electron chi connectivity index (χ2n) is 6.11. The van der Waals surface area contributed by atoms with E-state index in [0.29, 0.717) is 29.3 Å². The minimum atomic E-state index is -0.305. The molecule has 0 aliphatic rings. The van der Waals surface area contributed by atoms with Crippen LogP contribution in [0, 0.1) is 0 Å². The summed E-state index contributed by atoms with van der Waals surface area (Å²) >= 11 is 0. The van der Waals surface area contributed by atoms with Crippen molar-refractivity contribution in [3.63, 3.8) is 0 Å². The lowest BCUT2D eigenvalue weighted by molar-refractivity contribution is 0.276. The normalized spacial score (nSPS) is 10.8. The first kappa shape index (κ1) is 17.6. The summed E-state index contributed by atoms with van der Waals surface area (Å²) in [6.07, 6.45) is 3.12. The average molecular weight is 374 g/mol. The molecule has 2 heterocycles. The fraction of sp³-hybridized carbons (Fsp3) is 0.100. The van der Waals surface area contributed by atoms with Crippen LogP contribution < -0.4 is 10.9 Å². The number of para-hydroxylation sites is 1. The molecule has 0 spiro atoms. The standard InChI is InChI=1S/C20H18N6O2/c27-14-16-13-25(24-23-16)18-12-22-26(17-9-5-2-6-10-17)20(28)19(18)21-11-15-7-3-1-4-8-15/h1-10,12-13,21,27H,11,14H2. The fourth-order valence-corrected chi connectivity index (χ4v) is 2.81. The predicted molar refractivity (Wildman–Crippen MR) is 104 cm³/mol. The summed E-state index contributed by atoms with van der Waals surface area (Å²) < 4.78 is 2.77. The van der Waals surface area contributed by atoms with E-state index in [9.17, 15) is 9.90 Å². The largest absolute Gasteiger partial charge is 0.390 e. The minimum Gasteiger partial charge on any atom is -0.390 e. The lowest BCUT2D eigenvalue weighted by Crippen LogP contribution is -2.26. The SMILES string of the molecule is O=c1c(NCc2ccccc2)c(-n2cc(CO)nn2)cnn1-c1ccccc1. The van der Waals surface area contributed by atoms with Gasteiger partial charge in [0, 0.05) is 6.54 Å². The molecule has 4 rings (SSSR count). The lowest BCUT2D eigenvalue weighted by atomic mass is 10.2. The number of nitrogens with zero attached hydrogens (tertiary/aromatic N) is 5. The molecular weight excluding hydrogens is 356 g/mol. The van der Waals surface area contributed by atoms with Gasteiger partial charge in [0.1, 0.15) is 17.1 Å². The van der Waals surface area contributed by atoms with Gasteiger partial charge in [0.15, 0.2) is 0 Å². The van der Waals surface area contributed by atoms with E-state index in [-0.39, 0.29) is 12.2 Å². The van der Waals surface area contributed by atoms with Gasteiger partial charge in [-0.3, -0.25) is 4.79 Å². The second-order valence-corrected chi connectivity index (χ2v) is 6.11. The topological polar surface area (TPSA) is 97.9 Å². The van der Waals surface area contributed by atoms with Crippen LogP contribution in [0.15, 0.2) is 77.9 Å². The van der Waals surface area contributed by atoms with Gasteiger partial charge in [0.2, 0.25) is 0 Å². The second kappa shape index (κ2) is 7.85. The van der Waals surface area contributed by atoms with Crippen LogP contribution in [0.4, 0.5) is 5.69 Å². The van der Waals surface area contributed by atoms with Gasteiger partial charge in [-0.2, -0.15) is 9.78 Å². The first-order valence-electron chi connectivity index (χ1n) is 8.74. The van der Waals surface area contributed by atoms with Crippen LogP contribution in [0.2, 0.25) is 0 Å². The molecule has 4 aromatic rings. The van der Waals surface area contributed by atoms with E-state index in [1.807, 2.05) is 60.7 Å². The Bertz CT molecular complexity index is 1120. The summed E-state index contributed by atoms with van der Waals surface area (Å²) in [6.45, 7) is 0.227. The summed E-state index contributed by atoms with van der Waals surface area (Å²) in [5.41, 5.74) is 2.60. The van der Waals surface area contributed by atoms with Crippen molar-refractivity contribution in [3.8, 4) is 11.4 Å². The molecule has 0 bridgehead atoms. The van der Waals surface area contributed by atoms with Gasteiger partial charge in [-0.15, -0.1) is 5.10 Å². The zero-order chi connectivity index (χ0) is 19.3. The van der Waals surface area contributed by atoms with Crippen molar-refractivity contribution < 1.29 is 5.11 Å². The summed E-state index contributed by atoms with van der Waals surface area (Å²) in [4.78, 5) is 13.2. The molecule has 0 unspecified atom stereocenters. The van der Waals surface area contributed by atoms with Crippen LogP contribution >= 0.6 is 0 Å². The third kappa shape index (κ3) is 3.53. The predicted octanol–water partition coefficient (Wildman–Crippen LogP) is 1.92. The van der Waals surface area contributed by atoms with Crippen molar-refractivity contribution in [2.75, 3.05) is 5.32 Å². The molecule has 0 atom stereocenters. The average Bonchev–Trinajstić information content (AvgIpc) is 3.23. The van der Waals surface area contributed by atoms with Crippen molar-refractivity contribution in [1.29, 1.82) is 0 Å². The molecule has 0 saturated carbocycles. The van der Waals surface area contributed by atoms with E-state index < -0.39 is 0 Å². The third-order valence-corrected chi connectivity index (χ3v) is 4.22. The maximum absolute atomic E-state index is 13.2. The van der Waals surface area contributed by atoms with Crippen LogP contribution in [-0.4, -0.2) is 29.9 Å². The molecule has 0 radical (unpaired) electrons. The number of anilines is 1. The van der Waals surface area contributed by atoms with E-state index in [2.05, 4.69) is 20.7 Å². The Morgan fingerprint density at radius 3 is 2.39 bits per heavy atom. The van der Waals surface area contributed by atoms with E-state index in [4.69, 9.17) is 0 Å². The monoisotopic (exact) mass is 374 g/mol. The number of hydrogen-bond acceptors (Lipinski definition) is 6. The van der Waals surface area contributed by atoms with Gasteiger partial charge in [0.05, 0.1) is 24.7 Å². The van der Waals surface area contributed by atoms with Crippen molar-refractivity contribution >= 4 is 5.69 Å². The van der Waals surface area contributed by atoms with E-state index >= 15 is 0 Å².